The van der Waals surface area contributed by atoms with Crippen LogP contribution in [0.4, 0.5) is 0 Å². The third-order valence-corrected chi connectivity index (χ3v) is 6.91. The molecule has 2 atom stereocenters. The molecule has 154 valence electrons. The van der Waals surface area contributed by atoms with Crippen molar-refractivity contribution in [1.82, 2.24) is 5.32 Å². The highest BCUT2D eigenvalue weighted by Gasteiger charge is 2.25. The van der Waals surface area contributed by atoms with E-state index in [1.165, 1.54) is 22.0 Å². The Hall–Kier alpha value is -1.37. The summed E-state index contributed by atoms with van der Waals surface area (Å²) in [5, 5.41) is 17.1. The fourth-order valence-electron chi connectivity index (χ4n) is 3.51. The minimum absolute atomic E-state index is 0.0402. The first kappa shape index (κ1) is 22.9. The summed E-state index contributed by atoms with van der Waals surface area (Å²) in [6.07, 6.45) is 0. The molecule has 0 aliphatic rings. The number of phenols is 1. The van der Waals surface area contributed by atoms with E-state index in [1.54, 1.807) is 0 Å². The zero-order valence-corrected chi connectivity index (χ0v) is 20.1. The van der Waals surface area contributed by atoms with Crippen LogP contribution in [0.15, 0.2) is 30.3 Å². The molecule has 28 heavy (non-hydrogen) atoms. The SMILES string of the molecule is CCNC(C)c1cccc(C)c1Pc1cc(C(C)(C)C)cc(C(C)(C)C)c1O. The predicted molar refractivity (Wildman–Crippen MR) is 126 cm³/mol. The molecule has 0 spiro atoms. The zero-order valence-electron chi connectivity index (χ0n) is 19.1. The fraction of sp³-hybridized carbons (Fsp3) is 0.520. The Bertz CT molecular complexity index is 828. The Balaban J connectivity index is 2.64. The Morgan fingerprint density at radius 2 is 1.68 bits per heavy atom. The number of hydrogen-bond acceptors (Lipinski definition) is 2. The molecule has 2 unspecified atom stereocenters. The lowest BCUT2D eigenvalue weighted by molar-refractivity contribution is 0.449. The summed E-state index contributed by atoms with van der Waals surface area (Å²) in [7, 11) is 0.431. The summed E-state index contributed by atoms with van der Waals surface area (Å²) in [6, 6.07) is 11.2. The van der Waals surface area contributed by atoms with Crippen LogP contribution in [0.5, 0.6) is 5.75 Å². The number of rotatable bonds is 5. The molecule has 2 nitrogen and oxygen atoms in total. The second-order valence-corrected chi connectivity index (χ2v) is 11.2. The molecule has 0 bridgehead atoms. The molecule has 0 fully saturated rings. The first-order valence-electron chi connectivity index (χ1n) is 10.3. The summed E-state index contributed by atoms with van der Waals surface area (Å²) in [5.41, 5.74) is 4.88. The lowest BCUT2D eigenvalue weighted by Crippen LogP contribution is -2.25. The van der Waals surface area contributed by atoms with Gasteiger partial charge in [0.25, 0.3) is 0 Å². The van der Waals surface area contributed by atoms with Gasteiger partial charge in [0.2, 0.25) is 0 Å². The van der Waals surface area contributed by atoms with E-state index in [0.29, 0.717) is 20.4 Å². The van der Waals surface area contributed by atoms with Gasteiger partial charge in [-0.25, -0.2) is 0 Å². The summed E-state index contributed by atoms with van der Waals surface area (Å²) in [5.74, 6) is 0.462. The number of aromatic hydroxyl groups is 1. The molecular formula is C25H38NOP. The number of phenolic OH excluding ortho intramolecular Hbond substituents is 1. The molecule has 0 aliphatic carbocycles. The highest BCUT2D eigenvalue weighted by Crippen LogP contribution is 2.37. The second-order valence-electron chi connectivity index (χ2n) is 9.86. The zero-order chi connectivity index (χ0) is 21.3. The second kappa shape index (κ2) is 8.56. The van der Waals surface area contributed by atoms with Gasteiger partial charge in [0.05, 0.1) is 0 Å². The third kappa shape index (κ3) is 5.16. The highest BCUT2D eigenvalue weighted by molar-refractivity contribution is 7.56. The molecule has 0 heterocycles. The maximum Gasteiger partial charge on any atom is 0.127 e. The van der Waals surface area contributed by atoms with E-state index in [4.69, 9.17) is 0 Å². The Morgan fingerprint density at radius 1 is 1.04 bits per heavy atom. The third-order valence-electron chi connectivity index (χ3n) is 5.33. The molecule has 0 aromatic heterocycles. The molecule has 0 amide bonds. The lowest BCUT2D eigenvalue weighted by Gasteiger charge is -2.28. The average molecular weight is 400 g/mol. The molecule has 2 N–H and O–H groups in total. The maximum atomic E-state index is 11.2. The van der Waals surface area contributed by atoms with Crippen LogP contribution in [0.2, 0.25) is 0 Å². The van der Waals surface area contributed by atoms with Crippen LogP contribution in [0.25, 0.3) is 0 Å². The smallest absolute Gasteiger partial charge is 0.127 e. The fourth-order valence-corrected chi connectivity index (χ4v) is 4.98. The van der Waals surface area contributed by atoms with Gasteiger partial charge in [0.15, 0.2) is 0 Å². The van der Waals surface area contributed by atoms with Crippen molar-refractivity contribution in [3.63, 3.8) is 0 Å². The van der Waals surface area contributed by atoms with Crippen molar-refractivity contribution >= 4 is 19.2 Å². The van der Waals surface area contributed by atoms with Crippen molar-refractivity contribution < 1.29 is 5.11 Å². The van der Waals surface area contributed by atoms with E-state index in [-0.39, 0.29) is 10.8 Å². The molecule has 2 rings (SSSR count). The Kier molecular flexibility index (Phi) is 7.00. The minimum atomic E-state index is -0.101. The molecule has 0 aliphatic heterocycles. The Morgan fingerprint density at radius 3 is 2.21 bits per heavy atom. The van der Waals surface area contributed by atoms with Crippen molar-refractivity contribution in [2.75, 3.05) is 6.54 Å². The minimum Gasteiger partial charge on any atom is -0.507 e. The standard InChI is InChI=1S/C25H38NOP/c1-10-26-17(3)19-13-11-12-16(2)23(19)28-21-15-18(24(4,5)6)14-20(22(21)27)25(7,8)9/h11-15,17,26-28H,10H2,1-9H3. The van der Waals surface area contributed by atoms with Crippen LogP contribution < -0.4 is 15.9 Å². The monoisotopic (exact) mass is 399 g/mol. The Labute approximate surface area is 173 Å². The van der Waals surface area contributed by atoms with E-state index in [9.17, 15) is 5.11 Å². The van der Waals surface area contributed by atoms with Gasteiger partial charge in [-0.2, -0.15) is 0 Å². The van der Waals surface area contributed by atoms with Gasteiger partial charge in [-0.05, 0) is 59.3 Å². The van der Waals surface area contributed by atoms with Gasteiger partial charge in [-0.1, -0.05) is 81.3 Å². The molecule has 3 heteroatoms. The summed E-state index contributed by atoms with van der Waals surface area (Å²) in [6.45, 7) is 20.7. The molecule has 0 saturated carbocycles. The lowest BCUT2D eigenvalue weighted by atomic mass is 9.80. The van der Waals surface area contributed by atoms with Crippen LogP contribution in [0.1, 0.15) is 83.7 Å². The normalized spacial score (nSPS) is 14.0. The van der Waals surface area contributed by atoms with Gasteiger partial charge in [-0.3, -0.25) is 0 Å². The van der Waals surface area contributed by atoms with E-state index in [1.807, 2.05) is 0 Å². The average Bonchev–Trinajstić information content (AvgIpc) is 2.56. The van der Waals surface area contributed by atoms with Gasteiger partial charge in [-0.15, -0.1) is 0 Å². The van der Waals surface area contributed by atoms with Crippen molar-refractivity contribution in [2.45, 2.75) is 79.2 Å². The number of nitrogens with one attached hydrogen (secondary N) is 1. The topological polar surface area (TPSA) is 32.3 Å². The quantitative estimate of drug-likeness (QED) is 0.642. The number of benzene rings is 2. The van der Waals surface area contributed by atoms with Crippen LogP contribution in [0, 0.1) is 6.92 Å². The highest BCUT2D eigenvalue weighted by atomic mass is 31.1. The predicted octanol–water partition coefficient (Wildman–Crippen LogP) is 5.60. The van der Waals surface area contributed by atoms with Crippen LogP contribution in [0.3, 0.4) is 0 Å². The number of hydrogen-bond donors (Lipinski definition) is 2. The molecule has 2 aromatic carbocycles. The molecular weight excluding hydrogens is 361 g/mol. The molecule has 0 saturated heterocycles. The largest absolute Gasteiger partial charge is 0.507 e. The molecule has 0 radical (unpaired) electrons. The van der Waals surface area contributed by atoms with E-state index < -0.39 is 0 Å². The maximum absolute atomic E-state index is 11.2. The van der Waals surface area contributed by atoms with Gasteiger partial charge >= 0.3 is 0 Å². The van der Waals surface area contributed by atoms with Crippen molar-refractivity contribution in [1.29, 1.82) is 0 Å². The van der Waals surface area contributed by atoms with Crippen molar-refractivity contribution in [3.05, 3.63) is 52.6 Å². The van der Waals surface area contributed by atoms with Crippen molar-refractivity contribution in [2.24, 2.45) is 0 Å². The van der Waals surface area contributed by atoms with Crippen molar-refractivity contribution in [3.8, 4) is 5.75 Å². The summed E-state index contributed by atoms with van der Waals surface area (Å²) >= 11 is 0. The van der Waals surface area contributed by atoms with Gasteiger partial charge in [0.1, 0.15) is 5.75 Å². The van der Waals surface area contributed by atoms with E-state index in [2.05, 4.69) is 98.0 Å². The van der Waals surface area contributed by atoms with Crippen LogP contribution in [-0.4, -0.2) is 11.7 Å². The van der Waals surface area contributed by atoms with E-state index >= 15 is 0 Å². The van der Waals surface area contributed by atoms with E-state index in [0.717, 1.165) is 17.4 Å². The molecule has 2 aromatic rings. The first-order chi connectivity index (χ1) is 12.9. The summed E-state index contributed by atoms with van der Waals surface area (Å²) < 4.78 is 0. The van der Waals surface area contributed by atoms with Crippen LogP contribution in [-0.2, 0) is 10.8 Å². The summed E-state index contributed by atoms with van der Waals surface area (Å²) in [4.78, 5) is 0. The van der Waals surface area contributed by atoms with Crippen LogP contribution >= 0.6 is 8.58 Å². The van der Waals surface area contributed by atoms with Gasteiger partial charge in [0, 0.05) is 16.9 Å². The first-order valence-corrected chi connectivity index (χ1v) is 11.3. The number of aryl methyl sites for hydroxylation is 1. The van der Waals surface area contributed by atoms with Gasteiger partial charge < -0.3 is 10.4 Å².